The molecule has 128 valence electrons. The van der Waals surface area contributed by atoms with Gasteiger partial charge >= 0.3 is 0 Å². The normalized spacial score (nSPS) is 10.8. The number of halogens is 2. The zero-order valence-corrected chi connectivity index (χ0v) is 14.1. The minimum Gasteiger partial charge on any atom is -0.381 e. The highest BCUT2D eigenvalue weighted by Gasteiger charge is 2.11. The molecule has 0 heterocycles. The Morgan fingerprint density at radius 1 is 0.800 bits per heavy atom. The van der Waals surface area contributed by atoms with Crippen LogP contribution in [0, 0.1) is 11.6 Å². The second-order valence-electron chi connectivity index (χ2n) is 5.81. The van der Waals surface area contributed by atoms with Crippen molar-refractivity contribution in [2.45, 2.75) is 13.3 Å². The van der Waals surface area contributed by atoms with Gasteiger partial charge in [0, 0.05) is 18.2 Å². The van der Waals surface area contributed by atoms with Crippen LogP contribution in [0.5, 0.6) is 0 Å². The molecule has 3 rings (SSSR count). The molecule has 3 heteroatoms. The highest BCUT2D eigenvalue weighted by atomic mass is 19.1. The zero-order chi connectivity index (χ0) is 17.6. The van der Waals surface area contributed by atoms with Crippen molar-refractivity contribution in [1.82, 2.24) is 0 Å². The van der Waals surface area contributed by atoms with Gasteiger partial charge in [0.25, 0.3) is 0 Å². The van der Waals surface area contributed by atoms with Crippen LogP contribution >= 0.6 is 0 Å². The summed E-state index contributed by atoms with van der Waals surface area (Å²) in [5, 5.41) is 0. The largest absolute Gasteiger partial charge is 0.381 e. The van der Waals surface area contributed by atoms with Crippen molar-refractivity contribution in [2.75, 3.05) is 13.2 Å². The van der Waals surface area contributed by atoms with E-state index in [1.54, 1.807) is 0 Å². The van der Waals surface area contributed by atoms with Crippen molar-refractivity contribution in [3.8, 4) is 22.3 Å². The van der Waals surface area contributed by atoms with Crippen LogP contribution in [-0.4, -0.2) is 13.2 Å². The van der Waals surface area contributed by atoms with Crippen LogP contribution in [0.2, 0.25) is 0 Å². The van der Waals surface area contributed by atoms with Gasteiger partial charge in [0.2, 0.25) is 0 Å². The standard InChI is InChI=1S/C22H20F2O/c1-2-25-14-13-16-7-9-17(10-8-16)19-5-3-4-6-20(19)21-12-11-18(23)15-22(21)24/h3-12,15H,2,13-14H2,1H3. The molecule has 1 nitrogen and oxygen atoms in total. The molecule has 0 N–H and O–H groups in total. The van der Waals surface area contributed by atoms with Crippen molar-refractivity contribution < 1.29 is 13.5 Å². The fraction of sp³-hybridized carbons (Fsp3) is 0.182. The summed E-state index contributed by atoms with van der Waals surface area (Å²) in [7, 11) is 0. The topological polar surface area (TPSA) is 9.23 Å². The molecule has 0 saturated carbocycles. The smallest absolute Gasteiger partial charge is 0.133 e. The average Bonchev–Trinajstić information content (AvgIpc) is 2.63. The van der Waals surface area contributed by atoms with Gasteiger partial charge in [0.15, 0.2) is 0 Å². The minimum atomic E-state index is -0.572. The summed E-state index contributed by atoms with van der Waals surface area (Å²) in [5.41, 5.74) is 4.27. The number of rotatable bonds is 6. The quantitative estimate of drug-likeness (QED) is 0.510. The first kappa shape index (κ1) is 17.3. The molecule has 0 saturated heterocycles. The first-order valence-corrected chi connectivity index (χ1v) is 8.40. The predicted molar refractivity (Wildman–Crippen MR) is 97.4 cm³/mol. The molecular weight excluding hydrogens is 318 g/mol. The van der Waals surface area contributed by atoms with E-state index in [1.165, 1.54) is 17.7 Å². The summed E-state index contributed by atoms with van der Waals surface area (Å²) < 4.78 is 32.8. The molecule has 0 amide bonds. The number of hydrogen-bond donors (Lipinski definition) is 0. The van der Waals surface area contributed by atoms with Gasteiger partial charge < -0.3 is 4.74 Å². The van der Waals surface area contributed by atoms with Crippen LogP contribution in [0.25, 0.3) is 22.3 Å². The van der Waals surface area contributed by atoms with Gasteiger partial charge in [-0.3, -0.25) is 0 Å². The van der Waals surface area contributed by atoms with Gasteiger partial charge in [-0.15, -0.1) is 0 Å². The first-order valence-electron chi connectivity index (χ1n) is 8.40. The van der Waals surface area contributed by atoms with E-state index >= 15 is 0 Å². The van der Waals surface area contributed by atoms with Crippen LogP contribution in [0.15, 0.2) is 66.7 Å². The molecule has 3 aromatic rings. The van der Waals surface area contributed by atoms with Crippen LogP contribution in [0.4, 0.5) is 8.78 Å². The zero-order valence-electron chi connectivity index (χ0n) is 14.1. The average molecular weight is 338 g/mol. The Hall–Kier alpha value is -2.52. The molecule has 0 aromatic heterocycles. The third-order valence-electron chi connectivity index (χ3n) is 4.15. The molecule has 0 unspecified atom stereocenters. The maximum atomic E-state index is 14.2. The highest BCUT2D eigenvalue weighted by Crippen LogP contribution is 2.33. The first-order chi connectivity index (χ1) is 12.2. The molecule has 0 aliphatic heterocycles. The lowest BCUT2D eigenvalue weighted by Gasteiger charge is -2.12. The second-order valence-corrected chi connectivity index (χ2v) is 5.81. The van der Waals surface area contributed by atoms with E-state index < -0.39 is 11.6 Å². The summed E-state index contributed by atoms with van der Waals surface area (Å²) in [5.74, 6) is -1.13. The van der Waals surface area contributed by atoms with E-state index in [2.05, 4.69) is 12.1 Å². The van der Waals surface area contributed by atoms with E-state index in [4.69, 9.17) is 4.74 Å². The fourth-order valence-electron chi connectivity index (χ4n) is 2.86. The summed E-state index contributed by atoms with van der Waals surface area (Å²) >= 11 is 0. The lowest BCUT2D eigenvalue weighted by molar-refractivity contribution is 0.151. The Morgan fingerprint density at radius 3 is 2.20 bits per heavy atom. The van der Waals surface area contributed by atoms with Crippen molar-refractivity contribution in [3.63, 3.8) is 0 Å². The van der Waals surface area contributed by atoms with E-state index in [0.29, 0.717) is 18.8 Å². The summed E-state index contributed by atoms with van der Waals surface area (Å²) in [6, 6.07) is 19.5. The summed E-state index contributed by atoms with van der Waals surface area (Å²) in [4.78, 5) is 0. The molecule has 0 spiro atoms. The van der Waals surface area contributed by atoms with Gasteiger partial charge in [0.05, 0.1) is 6.61 Å². The van der Waals surface area contributed by atoms with E-state index in [-0.39, 0.29) is 0 Å². The van der Waals surface area contributed by atoms with Crippen molar-refractivity contribution >= 4 is 0 Å². The number of ether oxygens (including phenoxy) is 1. The summed E-state index contributed by atoms with van der Waals surface area (Å²) in [6.07, 6.45) is 0.863. The molecule has 0 aliphatic rings. The molecule has 0 aliphatic carbocycles. The summed E-state index contributed by atoms with van der Waals surface area (Å²) in [6.45, 7) is 3.40. The number of benzene rings is 3. The van der Waals surface area contributed by atoms with Crippen LogP contribution < -0.4 is 0 Å². The predicted octanol–water partition coefficient (Wildman–Crippen LogP) is 5.88. The van der Waals surface area contributed by atoms with Crippen LogP contribution in [-0.2, 0) is 11.2 Å². The molecule has 3 aromatic carbocycles. The third-order valence-corrected chi connectivity index (χ3v) is 4.15. The second kappa shape index (κ2) is 8.04. The van der Waals surface area contributed by atoms with Crippen molar-refractivity contribution in [1.29, 1.82) is 0 Å². The maximum absolute atomic E-state index is 14.2. The molecule has 0 atom stereocenters. The van der Waals surface area contributed by atoms with E-state index in [9.17, 15) is 8.78 Å². The molecule has 0 bridgehead atoms. The molecule has 0 radical (unpaired) electrons. The van der Waals surface area contributed by atoms with Gasteiger partial charge in [-0.1, -0.05) is 48.5 Å². The molecular formula is C22H20F2O. The van der Waals surface area contributed by atoms with Crippen LogP contribution in [0.1, 0.15) is 12.5 Å². The van der Waals surface area contributed by atoms with E-state index in [1.807, 2.05) is 43.3 Å². The van der Waals surface area contributed by atoms with Gasteiger partial charge in [-0.25, -0.2) is 8.78 Å². The fourth-order valence-corrected chi connectivity index (χ4v) is 2.86. The number of hydrogen-bond acceptors (Lipinski definition) is 1. The monoisotopic (exact) mass is 338 g/mol. The molecule has 25 heavy (non-hydrogen) atoms. The van der Waals surface area contributed by atoms with Gasteiger partial charge in [0.1, 0.15) is 11.6 Å². The van der Waals surface area contributed by atoms with Crippen molar-refractivity contribution in [2.24, 2.45) is 0 Å². The van der Waals surface area contributed by atoms with Crippen molar-refractivity contribution in [3.05, 3.63) is 83.9 Å². The molecule has 0 fully saturated rings. The lowest BCUT2D eigenvalue weighted by Crippen LogP contribution is -1.97. The Labute approximate surface area is 146 Å². The van der Waals surface area contributed by atoms with Gasteiger partial charge in [-0.2, -0.15) is 0 Å². The highest BCUT2D eigenvalue weighted by molar-refractivity contribution is 5.83. The van der Waals surface area contributed by atoms with Crippen LogP contribution in [0.3, 0.4) is 0 Å². The van der Waals surface area contributed by atoms with E-state index in [0.717, 1.165) is 29.2 Å². The Morgan fingerprint density at radius 2 is 1.52 bits per heavy atom. The SMILES string of the molecule is CCOCCc1ccc(-c2ccccc2-c2ccc(F)cc2F)cc1. The minimum absolute atomic E-state index is 0.400. The maximum Gasteiger partial charge on any atom is 0.133 e. The third kappa shape index (κ3) is 4.12. The Bertz CT molecular complexity index is 841. The Balaban J connectivity index is 1.93. The lowest BCUT2D eigenvalue weighted by atomic mass is 9.93. The Kier molecular flexibility index (Phi) is 5.56. The van der Waals surface area contributed by atoms with Gasteiger partial charge in [-0.05, 0) is 47.7 Å².